The van der Waals surface area contributed by atoms with Gasteiger partial charge in [-0.3, -0.25) is 15.4 Å². The number of benzene rings is 1. The summed E-state index contributed by atoms with van der Waals surface area (Å²) in [6, 6.07) is 3.79. The van der Waals surface area contributed by atoms with Gasteiger partial charge in [0, 0.05) is 37.6 Å². The Kier molecular flexibility index (Phi) is 4.67. The molecule has 4 heterocycles. The van der Waals surface area contributed by atoms with Gasteiger partial charge in [0.05, 0.1) is 24.5 Å². The van der Waals surface area contributed by atoms with E-state index in [4.69, 9.17) is 0 Å². The number of nitrogens with one attached hydrogen (secondary N) is 2. The van der Waals surface area contributed by atoms with Gasteiger partial charge < -0.3 is 9.80 Å². The van der Waals surface area contributed by atoms with Crippen molar-refractivity contribution in [2.45, 2.75) is 31.3 Å². The lowest BCUT2D eigenvalue weighted by Gasteiger charge is -2.27. The van der Waals surface area contributed by atoms with Crippen LogP contribution >= 0.6 is 0 Å². The summed E-state index contributed by atoms with van der Waals surface area (Å²) in [6.07, 6.45) is 9.90. The van der Waals surface area contributed by atoms with Crippen LogP contribution in [0.3, 0.4) is 0 Å². The van der Waals surface area contributed by atoms with E-state index in [2.05, 4.69) is 35.7 Å². The van der Waals surface area contributed by atoms with Crippen LogP contribution in [-0.2, 0) is 0 Å². The summed E-state index contributed by atoms with van der Waals surface area (Å²) >= 11 is 0. The minimum Gasteiger partial charge on any atom is -0.353 e. The Morgan fingerprint density at radius 2 is 2.03 bits per heavy atom. The Bertz CT molecular complexity index is 907. The van der Waals surface area contributed by atoms with Crippen molar-refractivity contribution < 1.29 is 8.78 Å². The Labute approximate surface area is 168 Å². The van der Waals surface area contributed by atoms with Gasteiger partial charge >= 0.3 is 0 Å². The molecule has 1 unspecified atom stereocenters. The first-order valence-electron chi connectivity index (χ1n) is 9.93. The fourth-order valence-corrected chi connectivity index (χ4v) is 4.44. The molecule has 1 aromatic carbocycles. The van der Waals surface area contributed by atoms with Gasteiger partial charge in [0.2, 0.25) is 0 Å². The first-order valence-corrected chi connectivity index (χ1v) is 9.93. The van der Waals surface area contributed by atoms with Crippen LogP contribution in [0.4, 0.5) is 14.6 Å². The van der Waals surface area contributed by atoms with E-state index < -0.39 is 5.82 Å². The number of anilines is 1. The summed E-state index contributed by atoms with van der Waals surface area (Å²) < 4.78 is 28.0. The lowest BCUT2D eigenvalue weighted by Crippen LogP contribution is -2.45. The molecular formula is C20H23F2N7. The number of likely N-dealkylation sites (tertiary alicyclic amines) is 1. The van der Waals surface area contributed by atoms with Crippen LogP contribution < -0.4 is 15.9 Å². The molecule has 2 N–H and O–H groups in total. The molecule has 2 atom stereocenters. The second kappa shape index (κ2) is 7.47. The SMILES string of the molecule is Fc1ccc(F)c([C@H]2CCCN2C2=CN(C3CCN(c4cnccn4)C3)NN2)c1. The summed E-state index contributed by atoms with van der Waals surface area (Å²) in [5.41, 5.74) is 6.84. The second-order valence-electron chi connectivity index (χ2n) is 7.63. The Morgan fingerprint density at radius 1 is 1.10 bits per heavy atom. The van der Waals surface area contributed by atoms with Crippen molar-refractivity contribution in [3.63, 3.8) is 0 Å². The maximum absolute atomic E-state index is 14.3. The summed E-state index contributed by atoms with van der Waals surface area (Å²) in [5.74, 6) is 1.00. The van der Waals surface area contributed by atoms with Crippen LogP contribution in [0.2, 0.25) is 0 Å². The Morgan fingerprint density at radius 3 is 2.90 bits per heavy atom. The van der Waals surface area contributed by atoms with Crippen molar-refractivity contribution in [3.05, 3.63) is 66.0 Å². The van der Waals surface area contributed by atoms with E-state index in [9.17, 15) is 8.78 Å². The van der Waals surface area contributed by atoms with Crippen LogP contribution in [0.15, 0.2) is 48.8 Å². The maximum atomic E-state index is 14.3. The highest BCUT2D eigenvalue weighted by molar-refractivity contribution is 5.37. The van der Waals surface area contributed by atoms with Gasteiger partial charge in [0.15, 0.2) is 0 Å². The monoisotopic (exact) mass is 399 g/mol. The molecule has 2 aromatic rings. The molecule has 0 amide bonds. The number of nitrogens with zero attached hydrogens (tertiary/aromatic N) is 5. The van der Waals surface area contributed by atoms with Crippen molar-refractivity contribution in [3.8, 4) is 0 Å². The minimum atomic E-state index is -0.406. The van der Waals surface area contributed by atoms with Gasteiger partial charge in [0.1, 0.15) is 23.3 Å². The average molecular weight is 399 g/mol. The van der Waals surface area contributed by atoms with E-state index in [0.29, 0.717) is 5.56 Å². The zero-order valence-corrected chi connectivity index (χ0v) is 15.9. The first kappa shape index (κ1) is 18.1. The van der Waals surface area contributed by atoms with E-state index in [1.54, 1.807) is 18.6 Å². The summed E-state index contributed by atoms with van der Waals surface area (Å²) in [5, 5.41) is 2.06. The molecule has 0 bridgehead atoms. The highest BCUT2D eigenvalue weighted by Gasteiger charge is 2.35. The third-order valence-electron chi connectivity index (χ3n) is 5.88. The molecule has 3 aliphatic heterocycles. The van der Waals surface area contributed by atoms with Crippen LogP contribution in [0.25, 0.3) is 0 Å². The summed E-state index contributed by atoms with van der Waals surface area (Å²) in [7, 11) is 0. The van der Waals surface area contributed by atoms with Crippen molar-refractivity contribution in [1.29, 1.82) is 0 Å². The van der Waals surface area contributed by atoms with Crippen LogP contribution in [0, 0.1) is 11.6 Å². The van der Waals surface area contributed by atoms with Gasteiger partial charge in [-0.15, -0.1) is 5.53 Å². The Hall–Kier alpha value is -2.94. The minimum absolute atomic E-state index is 0.175. The van der Waals surface area contributed by atoms with E-state index in [1.165, 1.54) is 12.1 Å². The maximum Gasteiger partial charge on any atom is 0.147 e. The second-order valence-corrected chi connectivity index (χ2v) is 7.63. The van der Waals surface area contributed by atoms with E-state index >= 15 is 0 Å². The molecule has 152 valence electrons. The average Bonchev–Trinajstić information content (AvgIpc) is 3.49. The zero-order valence-electron chi connectivity index (χ0n) is 15.9. The molecule has 0 saturated carbocycles. The number of halogens is 2. The predicted molar refractivity (Wildman–Crippen MR) is 104 cm³/mol. The van der Waals surface area contributed by atoms with E-state index in [1.807, 2.05) is 6.20 Å². The topological polar surface area (TPSA) is 59.6 Å². The molecule has 7 nitrogen and oxygen atoms in total. The van der Waals surface area contributed by atoms with Crippen molar-refractivity contribution >= 4 is 5.82 Å². The van der Waals surface area contributed by atoms with Gasteiger partial charge in [-0.25, -0.2) is 13.8 Å². The fraction of sp³-hybridized carbons (Fsp3) is 0.400. The third-order valence-corrected chi connectivity index (χ3v) is 5.88. The summed E-state index contributed by atoms with van der Waals surface area (Å²) in [6.45, 7) is 2.54. The van der Waals surface area contributed by atoms with Gasteiger partial charge in [-0.2, -0.15) is 0 Å². The smallest absolute Gasteiger partial charge is 0.147 e. The molecule has 9 heteroatoms. The van der Waals surface area contributed by atoms with Gasteiger partial charge in [-0.05, 0) is 37.5 Å². The molecule has 5 rings (SSSR count). The van der Waals surface area contributed by atoms with Crippen LogP contribution in [0.1, 0.15) is 30.9 Å². The molecular weight excluding hydrogens is 376 g/mol. The largest absolute Gasteiger partial charge is 0.353 e. The molecule has 3 aliphatic rings. The molecule has 0 aliphatic carbocycles. The quantitative estimate of drug-likeness (QED) is 0.818. The molecule has 0 spiro atoms. The van der Waals surface area contributed by atoms with Crippen molar-refractivity contribution in [2.75, 3.05) is 24.5 Å². The first-order chi connectivity index (χ1) is 14.2. The lowest BCUT2D eigenvalue weighted by molar-refractivity contribution is 0.203. The summed E-state index contributed by atoms with van der Waals surface area (Å²) in [4.78, 5) is 12.8. The highest BCUT2D eigenvalue weighted by Crippen LogP contribution is 2.36. The lowest BCUT2D eigenvalue weighted by atomic mass is 10.0. The normalized spacial score (nSPS) is 24.2. The zero-order chi connectivity index (χ0) is 19.8. The predicted octanol–water partition coefficient (Wildman–Crippen LogP) is 2.29. The van der Waals surface area contributed by atoms with Crippen LogP contribution in [-0.4, -0.2) is 45.6 Å². The van der Waals surface area contributed by atoms with Crippen LogP contribution in [0.5, 0.6) is 0 Å². The number of hydrogen-bond acceptors (Lipinski definition) is 7. The molecule has 0 radical (unpaired) electrons. The highest BCUT2D eigenvalue weighted by atomic mass is 19.1. The number of hydrazine groups is 2. The fourth-order valence-electron chi connectivity index (χ4n) is 4.44. The van der Waals surface area contributed by atoms with Gasteiger partial charge in [0.25, 0.3) is 0 Å². The molecule has 2 fully saturated rings. The third kappa shape index (κ3) is 3.46. The molecule has 2 saturated heterocycles. The van der Waals surface area contributed by atoms with Gasteiger partial charge in [-0.1, -0.05) is 0 Å². The number of aromatic nitrogens is 2. The standard InChI is InChI=1S/C20H23F2N7/c21-14-3-4-17(22)16(10-14)18-2-1-8-28(18)20-13-29(26-25-20)15-5-9-27(12-15)19-11-23-6-7-24-19/h3-4,6-7,10-11,13,15,18,25-26H,1-2,5,8-9,12H2/t15?,18-/m1/s1. The number of hydrogen-bond donors (Lipinski definition) is 2. The van der Waals surface area contributed by atoms with Crippen molar-refractivity contribution in [2.24, 2.45) is 0 Å². The molecule has 29 heavy (non-hydrogen) atoms. The Balaban J connectivity index is 1.30. The van der Waals surface area contributed by atoms with Crippen molar-refractivity contribution in [1.82, 2.24) is 30.8 Å². The molecule has 1 aromatic heterocycles. The van der Waals surface area contributed by atoms with E-state index in [0.717, 1.165) is 56.6 Å². The van der Waals surface area contributed by atoms with E-state index in [-0.39, 0.29) is 17.9 Å². The number of rotatable bonds is 4.